The van der Waals surface area contributed by atoms with Gasteiger partial charge < -0.3 is 9.84 Å². The highest BCUT2D eigenvalue weighted by Gasteiger charge is 2.24. The molecule has 1 aromatic heterocycles. The number of rotatable bonds is 3. The van der Waals surface area contributed by atoms with Crippen LogP contribution in [0.5, 0.6) is 0 Å². The Morgan fingerprint density at radius 3 is 2.56 bits per heavy atom. The molecule has 0 spiro atoms. The summed E-state index contributed by atoms with van der Waals surface area (Å²) in [5.74, 6) is -1.73. The second kappa shape index (κ2) is 6.47. The molecule has 0 fully saturated rings. The van der Waals surface area contributed by atoms with E-state index in [1.165, 1.54) is 6.07 Å². The smallest absolute Gasteiger partial charge is 0.261 e. The topological polar surface area (TPSA) is 55.1 Å². The van der Waals surface area contributed by atoms with E-state index in [2.05, 4.69) is 10.5 Å². The van der Waals surface area contributed by atoms with Crippen molar-refractivity contribution in [2.45, 2.75) is 20.8 Å². The van der Waals surface area contributed by atoms with Crippen molar-refractivity contribution in [2.75, 3.05) is 5.32 Å². The number of benzene rings is 2. The molecule has 0 aliphatic carbocycles. The molecule has 1 amide bonds. The highest BCUT2D eigenvalue weighted by atomic mass is 19.1. The van der Waals surface area contributed by atoms with Gasteiger partial charge in [-0.05, 0) is 50.1 Å². The molecule has 1 N–H and O–H groups in total. The molecule has 2 aromatic carbocycles. The fourth-order valence-electron chi connectivity index (χ4n) is 2.56. The number of anilines is 1. The van der Waals surface area contributed by atoms with Crippen LogP contribution in [0.3, 0.4) is 0 Å². The Bertz CT molecular complexity index is 964. The quantitative estimate of drug-likeness (QED) is 0.744. The third kappa shape index (κ3) is 3.28. The van der Waals surface area contributed by atoms with Crippen LogP contribution in [0.15, 0.2) is 40.9 Å². The maximum Gasteiger partial charge on any atom is 0.261 e. The van der Waals surface area contributed by atoms with Gasteiger partial charge in [0, 0.05) is 17.3 Å². The number of amides is 1. The summed E-state index contributed by atoms with van der Waals surface area (Å²) >= 11 is 0. The summed E-state index contributed by atoms with van der Waals surface area (Å²) in [6, 6.07) is 8.76. The fourth-order valence-corrected chi connectivity index (χ4v) is 2.56. The Morgan fingerprint density at radius 1 is 1.08 bits per heavy atom. The lowest BCUT2D eigenvalue weighted by Gasteiger charge is -2.10. The van der Waals surface area contributed by atoms with Crippen LogP contribution in [0.4, 0.5) is 14.5 Å². The zero-order valence-electron chi connectivity index (χ0n) is 14.0. The van der Waals surface area contributed by atoms with E-state index in [9.17, 15) is 13.6 Å². The van der Waals surface area contributed by atoms with Gasteiger partial charge in [0.1, 0.15) is 28.7 Å². The molecular formula is C19H16F2N2O2. The minimum Gasteiger partial charge on any atom is -0.360 e. The van der Waals surface area contributed by atoms with E-state index >= 15 is 0 Å². The zero-order valence-corrected chi connectivity index (χ0v) is 14.0. The van der Waals surface area contributed by atoms with Crippen molar-refractivity contribution in [1.29, 1.82) is 0 Å². The Labute approximate surface area is 143 Å². The van der Waals surface area contributed by atoms with E-state index in [0.29, 0.717) is 5.69 Å². The average molecular weight is 342 g/mol. The summed E-state index contributed by atoms with van der Waals surface area (Å²) in [5.41, 5.74) is 2.69. The lowest BCUT2D eigenvalue weighted by molar-refractivity contribution is 0.102. The zero-order chi connectivity index (χ0) is 18.1. The minimum absolute atomic E-state index is 0.00404. The van der Waals surface area contributed by atoms with Crippen LogP contribution >= 0.6 is 0 Å². The van der Waals surface area contributed by atoms with Gasteiger partial charge in [-0.25, -0.2) is 8.78 Å². The van der Waals surface area contributed by atoms with Crippen LogP contribution in [-0.2, 0) is 0 Å². The molecule has 0 radical (unpaired) electrons. The molecular weight excluding hydrogens is 326 g/mol. The molecule has 0 atom stereocenters. The Hall–Kier alpha value is -3.02. The third-order valence-electron chi connectivity index (χ3n) is 3.92. The molecule has 3 rings (SSSR count). The minimum atomic E-state index is -0.811. The predicted octanol–water partition coefficient (Wildman–Crippen LogP) is 4.80. The molecule has 0 aliphatic rings. The number of carbonyl (C=O) groups excluding carboxylic acids is 1. The first-order chi connectivity index (χ1) is 11.9. The van der Waals surface area contributed by atoms with Gasteiger partial charge >= 0.3 is 0 Å². The van der Waals surface area contributed by atoms with E-state index in [-0.39, 0.29) is 22.6 Å². The average Bonchev–Trinajstić information content (AvgIpc) is 2.92. The van der Waals surface area contributed by atoms with Crippen molar-refractivity contribution in [3.63, 3.8) is 0 Å². The number of carbonyl (C=O) groups is 1. The van der Waals surface area contributed by atoms with Crippen LogP contribution in [0.1, 0.15) is 27.2 Å². The van der Waals surface area contributed by atoms with E-state index in [0.717, 1.165) is 23.3 Å². The first-order valence-electron chi connectivity index (χ1n) is 7.67. The Morgan fingerprint density at radius 2 is 1.84 bits per heavy atom. The lowest BCUT2D eigenvalue weighted by Crippen LogP contribution is -2.14. The number of hydrogen-bond donors (Lipinski definition) is 1. The number of nitrogens with zero attached hydrogens (tertiary/aromatic N) is 1. The van der Waals surface area contributed by atoms with Gasteiger partial charge in [0.25, 0.3) is 5.91 Å². The van der Waals surface area contributed by atoms with Gasteiger partial charge in [-0.1, -0.05) is 17.3 Å². The van der Waals surface area contributed by atoms with Crippen molar-refractivity contribution in [3.05, 3.63) is 70.5 Å². The molecule has 6 heteroatoms. The highest BCUT2D eigenvalue weighted by molar-refractivity contribution is 6.09. The molecule has 0 aliphatic heterocycles. The van der Waals surface area contributed by atoms with Crippen LogP contribution in [-0.4, -0.2) is 11.1 Å². The van der Waals surface area contributed by atoms with Gasteiger partial charge in [-0.3, -0.25) is 4.79 Å². The van der Waals surface area contributed by atoms with Gasteiger partial charge in [0.05, 0.1) is 0 Å². The monoisotopic (exact) mass is 342 g/mol. The molecule has 25 heavy (non-hydrogen) atoms. The van der Waals surface area contributed by atoms with E-state index in [4.69, 9.17) is 4.52 Å². The molecule has 0 bridgehead atoms. The number of aromatic nitrogens is 1. The Kier molecular flexibility index (Phi) is 4.35. The van der Waals surface area contributed by atoms with E-state index < -0.39 is 17.5 Å². The molecule has 1 heterocycles. The SMILES string of the molecule is Cc1ccc(C)c(NC(=O)c2c(-c3ccc(F)cc3F)noc2C)c1. The highest BCUT2D eigenvalue weighted by Crippen LogP contribution is 2.29. The molecule has 4 nitrogen and oxygen atoms in total. The molecule has 3 aromatic rings. The van der Waals surface area contributed by atoms with Crippen molar-refractivity contribution < 1.29 is 18.1 Å². The summed E-state index contributed by atoms with van der Waals surface area (Å²) < 4.78 is 32.3. The van der Waals surface area contributed by atoms with E-state index in [1.54, 1.807) is 6.92 Å². The number of halogens is 2. The first kappa shape index (κ1) is 16.8. The van der Waals surface area contributed by atoms with Gasteiger partial charge in [0.15, 0.2) is 0 Å². The molecule has 0 saturated heterocycles. The molecule has 128 valence electrons. The van der Waals surface area contributed by atoms with Crippen molar-refractivity contribution >= 4 is 11.6 Å². The second-order valence-electron chi connectivity index (χ2n) is 5.86. The third-order valence-corrected chi connectivity index (χ3v) is 3.92. The van der Waals surface area contributed by atoms with Gasteiger partial charge in [-0.15, -0.1) is 0 Å². The summed E-state index contributed by atoms with van der Waals surface area (Å²) in [6.45, 7) is 5.35. The second-order valence-corrected chi connectivity index (χ2v) is 5.86. The van der Waals surface area contributed by atoms with Crippen molar-refractivity contribution in [2.24, 2.45) is 0 Å². The van der Waals surface area contributed by atoms with Crippen molar-refractivity contribution in [1.82, 2.24) is 5.16 Å². The number of aryl methyl sites for hydroxylation is 3. The van der Waals surface area contributed by atoms with Crippen LogP contribution in [0, 0.1) is 32.4 Å². The predicted molar refractivity (Wildman–Crippen MR) is 90.5 cm³/mol. The van der Waals surface area contributed by atoms with E-state index in [1.807, 2.05) is 32.0 Å². The number of nitrogens with one attached hydrogen (secondary N) is 1. The van der Waals surface area contributed by atoms with Gasteiger partial charge in [-0.2, -0.15) is 0 Å². The molecule has 0 unspecified atom stereocenters. The Balaban J connectivity index is 2.01. The summed E-state index contributed by atoms with van der Waals surface area (Å²) in [4.78, 5) is 12.7. The van der Waals surface area contributed by atoms with Crippen molar-refractivity contribution in [3.8, 4) is 11.3 Å². The lowest BCUT2D eigenvalue weighted by atomic mass is 10.0. The summed E-state index contributed by atoms with van der Waals surface area (Å²) in [5, 5.41) is 6.58. The number of hydrogen-bond acceptors (Lipinski definition) is 3. The molecule has 0 saturated carbocycles. The summed E-state index contributed by atoms with van der Waals surface area (Å²) in [6.07, 6.45) is 0. The standard InChI is InChI=1S/C19H16F2N2O2/c1-10-4-5-11(2)16(8-10)22-19(24)17-12(3)25-23-18(17)14-7-6-13(20)9-15(14)21/h4-9H,1-3H3,(H,22,24). The maximum atomic E-state index is 14.1. The first-order valence-corrected chi connectivity index (χ1v) is 7.67. The van der Waals surface area contributed by atoms with Crippen LogP contribution < -0.4 is 5.32 Å². The van der Waals surface area contributed by atoms with Crippen LogP contribution in [0.25, 0.3) is 11.3 Å². The fraction of sp³-hybridized carbons (Fsp3) is 0.158. The van der Waals surface area contributed by atoms with Gasteiger partial charge in [0.2, 0.25) is 0 Å². The summed E-state index contributed by atoms with van der Waals surface area (Å²) in [7, 11) is 0. The normalized spacial score (nSPS) is 10.8. The maximum absolute atomic E-state index is 14.1. The van der Waals surface area contributed by atoms with Crippen LogP contribution in [0.2, 0.25) is 0 Å². The largest absolute Gasteiger partial charge is 0.360 e.